The molecule has 2 heterocycles. The summed E-state index contributed by atoms with van der Waals surface area (Å²) in [4.78, 5) is 33.3. The molecule has 0 atom stereocenters. The average Bonchev–Trinajstić information content (AvgIpc) is 2.62. The van der Waals surface area contributed by atoms with E-state index in [1.807, 2.05) is 0 Å². The molecule has 0 amide bonds. The van der Waals surface area contributed by atoms with Crippen molar-refractivity contribution in [2.75, 3.05) is 5.75 Å². The van der Waals surface area contributed by atoms with Gasteiger partial charge >= 0.3 is 5.69 Å². The van der Waals surface area contributed by atoms with E-state index < -0.39 is 17.1 Å². The molecule has 0 unspecified atom stereocenters. The number of thioether (sulfide) groups is 1. The second-order valence-corrected chi connectivity index (χ2v) is 6.19. The molecule has 126 valence electrons. The van der Waals surface area contributed by atoms with E-state index in [0.717, 1.165) is 16.3 Å². The standard InChI is InChI=1S/C17H13FN4O2S/c1-4-9-25-15-12-14(21(2)17(24)22(3)16(12)23)19-13(20-15)10-7-5-6-8-11(10)18/h1,5-8H,9H2,2-3H3. The van der Waals surface area contributed by atoms with E-state index in [2.05, 4.69) is 15.9 Å². The van der Waals surface area contributed by atoms with E-state index in [-0.39, 0.29) is 28.2 Å². The Balaban J connectivity index is 2.44. The highest BCUT2D eigenvalue weighted by molar-refractivity contribution is 7.99. The van der Waals surface area contributed by atoms with E-state index in [1.165, 1.54) is 30.8 Å². The Morgan fingerprint density at radius 1 is 1.20 bits per heavy atom. The first-order chi connectivity index (χ1) is 12.0. The summed E-state index contributed by atoms with van der Waals surface area (Å²) in [7, 11) is 2.88. The zero-order chi connectivity index (χ0) is 18.1. The Labute approximate surface area is 146 Å². The van der Waals surface area contributed by atoms with Crippen molar-refractivity contribution in [1.82, 2.24) is 19.1 Å². The normalized spacial score (nSPS) is 10.8. The molecule has 0 radical (unpaired) electrons. The smallest absolute Gasteiger partial charge is 0.280 e. The van der Waals surface area contributed by atoms with E-state index in [0.29, 0.717) is 5.03 Å². The summed E-state index contributed by atoms with van der Waals surface area (Å²) in [6.07, 6.45) is 5.30. The fourth-order valence-corrected chi connectivity index (χ4v) is 3.10. The number of hydrogen-bond acceptors (Lipinski definition) is 5. The van der Waals surface area contributed by atoms with Crippen LogP contribution in [0, 0.1) is 18.2 Å². The summed E-state index contributed by atoms with van der Waals surface area (Å²) in [6, 6.07) is 6.04. The van der Waals surface area contributed by atoms with Gasteiger partial charge in [0.25, 0.3) is 5.56 Å². The van der Waals surface area contributed by atoms with Crippen LogP contribution in [-0.4, -0.2) is 24.9 Å². The number of nitrogens with zero attached hydrogens (tertiary/aromatic N) is 4. The predicted octanol–water partition coefficient (Wildman–Crippen LogP) is 1.56. The fraction of sp³-hybridized carbons (Fsp3) is 0.176. The topological polar surface area (TPSA) is 69.8 Å². The Hall–Kier alpha value is -2.92. The summed E-state index contributed by atoms with van der Waals surface area (Å²) in [6.45, 7) is 0. The monoisotopic (exact) mass is 356 g/mol. The van der Waals surface area contributed by atoms with Crippen LogP contribution in [0.1, 0.15) is 0 Å². The van der Waals surface area contributed by atoms with Gasteiger partial charge in [-0.05, 0) is 12.1 Å². The molecule has 0 N–H and O–H groups in total. The molecule has 0 spiro atoms. The number of hydrogen-bond donors (Lipinski definition) is 0. The average molecular weight is 356 g/mol. The minimum atomic E-state index is -0.524. The quantitative estimate of drug-likeness (QED) is 0.405. The van der Waals surface area contributed by atoms with Crippen LogP contribution in [0.3, 0.4) is 0 Å². The van der Waals surface area contributed by atoms with Crippen LogP contribution in [0.4, 0.5) is 4.39 Å². The third-order valence-electron chi connectivity index (χ3n) is 3.67. The number of terminal acetylenes is 1. The van der Waals surface area contributed by atoms with E-state index in [9.17, 15) is 14.0 Å². The second-order valence-electron chi connectivity index (χ2n) is 5.23. The third kappa shape index (κ3) is 2.83. The van der Waals surface area contributed by atoms with Crippen molar-refractivity contribution in [1.29, 1.82) is 0 Å². The Bertz CT molecular complexity index is 1140. The summed E-state index contributed by atoms with van der Waals surface area (Å²) in [5.41, 5.74) is -0.720. The molecule has 0 saturated heterocycles. The molecule has 0 saturated carbocycles. The highest BCUT2D eigenvalue weighted by Gasteiger charge is 2.19. The lowest BCUT2D eigenvalue weighted by molar-refractivity contribution is 0.629. The van der Waals surface area contributed by atoms with E-state index >= 15 is 0 Å². The van der Waals surface area contributed by atoms with Crippen LogP contribution in [0.5, 0.6) is 0 Å². The number of aromatic nitrogens is 4. The minimum Gasteiger partial charge on any atom is -0.280 e. The van der Waals surface area contributed by atoms with Crippen molar-refractivity contribution in [3.8, 4) is 23.7 Å². The van der Waals surface area contributed by atoms with Gasteiger partial charge in [-0.2, -0.15) is 0 Å². The molecule has 0 fully saturated rings. The molecule has 6 nitrogen and oxygen atoms in total. The maximum absolute atomic E-state index is 14.1. The maximum atomic E-state index is 14.1. The third-order valence-corrected chi connectivity index (χ3v) is 4.55. The van der Waals surface area contributed by atoms with Gasteiger partial charge in [-0.1, -0.05) is 29.8 Å². The van der Waals surface area contributed by atoms with Crippen molar-refractivity contribution in [3.05, 3.63) is 50.9 Å². The van der Waals surface area contributed by atoms with Crippen LogP contribution in [0.25, 0.3) is 22.4 Å². The van der Waals surface area contributed by atoms with Gasteiger partial charge in [-0.3, -0.25) is 13.9 Å². The zero-order valence-electron chi connectivity index (χ0n) is 13.5. The maximum Gasteiger partial charge on any atom is 0.332 e. The minimum absolute atomic E-state index is 0.0911. The lowest BCUT2D eigenvalue weighted by Gasteiger charge is -2.11. The lowest BCUT2D eigenvalue weighted by Crippen LogP contribution is -2.37. The van der Waals surface area contributed by atoms with Gasteiger partial charge in [0.05, 0.1) is 11.3 Å². The molecular weight excluding hydrogens is 343 g/mol. The molecule has 1 aromatic carbocycles. The largest absolute Gasteiger partial charge is 0.332 e. The van der Waals surface area contributed by atoms with Gasteiger partial charge in [0.2, 0.25) is 0 Å². The summed E-state index contributed by atoms with van der Waals surface area (Å²) >= 11 is 1.16. The van der Waals surface area contributed by atoms with Gasteiger partial charge in [0.1, 0.15) is 16.2 Å². The molecule has 3 rings (SSSR count). The number of fused-ring (bicyclic) bond motifs is 1. The van der Waals surface area contributed by atoms with E-state index in [1.54, 1.807) is 12.1 Å². The van der Waals surface area contributed by atoms with Gasteiger partial charge in [0, 0.05) is 14.1 Å². The van der Waals surface area contributed by atoms with Crippen molar-refractivity contribution < 1.29 is 4.39 Å². The molecule has 0 aliphatic heterocycles. The van der Waals surface area contributed by atoms with Crippen LogP contribution < -0.4 is 11.2 Å². The Kier molecular flexibility index (Phi) is 4.42. The predicted molar refractivity (Wildman–Crippen MR) is 95.0 cm³/mol. The lowest BCUT2D eigenvalue weighted by atomic mass is 10.2. The molecule has 0 bridgehead atoms. The number of aryl methyl sites for hydroxylation is 1. The first-order valence-corrected chi connectivity index (χ1v) is 8.23. The fourth-order valence-electron chi connectivity index (χ4n) is 2.41. The van der Waals surface area contributed by atoms with Crippen molar-refractivity contribution >= 4 is 22.8 Å². The van der Waals surface area contributed by atoms with Gasteiger partial charge in [-0.15, -0.1) is 6.42 Å². The van der Waals surface area contributed by atoms with Crippen molar-refractivity contribution in [2.45, 2.75) is 5.03 Å². The molecule has 2 aromatic heterocycles. The zero-order valence-corrected chi connectivity index (χ0v) is 14.3. The molecule has 0 aliphatic rings. The molecule has 3 aromatic rings. The van der Waals surface area contributed by atoms with Crippen LogP contribution in [0.2, 0.25) is 0 Å². The molecular formula is C17H13FN4O2S. The molecule has 25 heavy (non-hydrogen) atoms. The van der Waals surface area contributed by atoms with Crippen LogP contribution in [-0.2, 0) is 14.1 Å². The van der Waals surface area contributed by atoms with Gasteiger partial charge in [0.15, 0.2) is 11.5 Å². The summed E-state index contributed by atoms with van der Waals surface area (Å²) in [5, 5.41) is 0.502. The number of benzene rings is 1. The first-order valence-electron chi connectivity index (χ1n) is 7.24. The second kappa shape index (κ2) is 6.53. The Morgan fingerprint density at radius 3 is 2.60 bits per heavy atom. The summed E-state index contributed by atoms with van der Waals surface area (Å²) in [5.74, 6) is 2.33. The Morgan fingerprint density at radius 2 is 1.92 bits per heavy atom. The van der Waals surface area contributed by atoms with Crippen LogP contribution in [0.15, 0.2) is 38.9 Å². The molecule has 0 aliphatic carbocycles. The first kappa shape index (κ1) is 16.9. The number of halogens is 1. The highest BCUT2D eigenvalue weighted by Crippen LogP contribution is 2.26. The van der Waals surface area contributed by atoms with Crippen molar-refractivity contribution in [3.63, 3.8) is 0 Å². The number of rotatable bonds is 3. The van der Waals surface area contributed by atoms with Gasteiger partial charge in [-0.25, -0.2) is 19.2 Å². The van der Waals surface area contributed by atoms with Gasteiger partial charge < -0.3 is 0 Å². The van der Waals surface area contributed by atoms with Crippen LogP contribution >= 0.6 is 11.8 Å². The SMILES string of the molecule is C#CCSc1nc(-c2ccccc2F)nc2c1c(=O)n(C)c(=O)n2C. The summed E-state index contributed by atoms with van der Waals surface area (Å²) < 4.78 is 16.3. The van der Waals surface area contributed by atoms with Crippen molar-refractivity contribution in [2.24, 2.45) is 14.1 Å². The van der Waals surface area contributed by atoms with E-state index in [4.69, 9.17) is 6.42 Å². The highest BCUT2D eigenvalue weighted by atomic mass is 32.2. The molecule has 8 heteroatoms.